The summed E-state index contributed by atoms with van der Waals surface area (Å²) in [5.74, 6) is -1.02. The van der Waals surface area contributed by atoms with Gasteiger partial charge in [0.05, 0.1) is 10.6 Å². The molecule has 2 aromatic rings. The molecule has 0 aliphatic carbocycles. The first-order chi connectivity index (χ1) is 14.7. The number of nitrogens with one attached hydrogen (secondary N) is 1. The second-order valence-electron chi connectivity index (χ2n) is 8.37. The molecule has 162 valence electrons. The number of carbonyl (C=O) groups is 3. The molecule has 2 heterocycles. The second-order valence-corrected chi connectivity index (χ2v) is 10.4. The Morgan fingerprint density at radius 2 is 1.77 bits per heavy atom. The summed E-state index contributed by atoms with van der Waals surface area (Å²) in [5, 5.41) is 2.27. The van der Waals surface area contributed by atoms with Gasteiger partial charge in [-0.1, -0.05) is 38.1 Å². The molecule has 1 saturated heterocycles. The van der Waals surface area contributed by atoms with E-state index in [-0.39, 0.29) is 41.8 Å². The van der Waals surface area contributed by atoms with Crippen molar-refractivity contribution in [1.29, 1.82) is 0 Å². The van der Waals surface area contributed by atoms with Gasteiger partial charge in [0.1, 0.15) is 6.04 Å². The SMILES string of the molecule is CC(C)c1ccc(S(=O)(=O)Cc2ccc3c(c2)C(=O)N(C2CCC(=O)NC2=O)C3)cc1. The molecule has 0 bridgehead atoms. The van der Waals surface area contributed by atoms with Gasteiger partial charge in [0, 0.05) is 18.5 Å². The molecule has 0 saturated carbocycles. The minimum atomic E-state index is -3.57. The average Bonchev–Trinajstić information content (AvgIpc) is 3.04. The van der Waals surface area contributed by atoms with Crippen LogP contribution in [-0.4, -0.2) is 37.1 Å². The van der Waals surface area contributed by atoms with Gasteiger partial charge < -0.3 is 4.90 Å². The molecule has 1 unspecified atom stereocenters. The number of hydrogen-bond acceptors (Lipinski definition) is 5. The van der Waals surface area contributed by atoms with Gasteiger partial charge in [-0.2, -0.15) is 0 Å². The van der Waals surface area contributed by atoms with Gasteiger partial charge in [0.2, 0.25) is 11.8 Å². The van der Waals surface area contributed by atoms with Crippen LogP contribution >= 0.6 is 0 Å². The molecule has 2 aliphatic heterocycles. The van der Waals surface area contributed by atoms with Crippen molar-refractivity contribution < 1.29 is 22.8 Å². The van der Waals surface area contributed by atoms with Gasteiger partial charge in [-0.25, -0.2) is 8.42 Å². The minimum Gasteiger partial charge on any atom is -0.322 e. The number of imide groups is 1. The Morgan fingerprint density at radius 3 is 2.42 bits per heavy atom. The topological polar surface area (TPSA) is 101 Å². The number of fused-ring (bicyclic) bond motifs is 1. The highest BCUT2D eigenvalue weighted by Gasteiger charge is 2.39. The van der Waals surface area contributed by atoms with Crippen LogP contribution in [0.5, 0.6) is 0 Å². The van der Waals surface area contributed by atoms with Gasteiger partial charge in [-0.3, -0.25) is 19.7 Å². The van der Waals surface area contributed by atoms with Crippen molar-refractivity contribution in [2.24, 2.45) is 0 Å². The predicted molar refractivity (Wildman–Crippen MR) is 114 cm³/mol. The number of piperidine rings is 1. The molecule has 8 heteroatoms. The Hall–Kier alpha value is -3.00. The molecule has 0 aromatic heterocycles. The molecule has 2 aromatic carbocycles. The summed E-state index contributed by atoms with van der Waals surface area (Å²) in [5.41, 5.74) is 2.74. The third-order valence-corrected chi connectivity index (χ3v) is 7.56. The third kappa shape index (κ3) is 4.12. The minimum absolute atomic E-state index is 0.190. The predicted octanol–water partition coefficient (Wildman–Crippen LogP) is 2.54. The van der Waals surface area contributed by atoms with Crippen molar-refractivity contribution in [3.05, 3.63) is 64.7 Å². The van der Waals surface area contributed by atoms with Crippen molar-refractivity contribution in [1.82, 2.24) is 10.2 Å². The molecule has 1 atom stereocenters. The van der Waals surface area contributed by atoms with E-state index in [1.807, 2.05) is 26.0 Å². The monoisotopic (exact) mass is 440 g/mol. The highest BCUT2D eigenvalue weighted by molar-refractivity contribution is 7.90. The van der Waals surface area contributed by atoms with Crippen LogP contribution in [0.3, 0.4) is 0 Å². The summed E-state index contributed by atoms with van der Waals surface area (Å²) in [4.78, 5) is 38.2. The van der Waals surface area contributed by atoms with E-state index in [2.05, 4.69) is 5.32 Å². The Bertz CT molecular complexity index is 1170. The highest BCUT2D eigenvalue weighted by atomic mass is 32.2. The first-order valence-corrected chi connectivity index (χ1v) is 11.9. The van der Waals surface area contributed by atoms with Crippen LogP contribution in [0.2, 0.25) is 0 Å². The maximum atomic E-state index is 12.9. The van der Waals surface area contributed by atoms with Gasteiger partial charge >= 0.3 is 0 Å². The first kappa shape index (κ1) is 21.2. The Kier molecular flexibility index (Phi) is 5.43. The third-order valence-electron chi connectivity index (χ3n) is 5.86. The molecule has 0 radical (unpaired) electrons. The van der Waals surface area contributed by atoms with E-state index in [0.717, 1.165) is 11.1 Å². The lowest BCUT2D eigenvalue weighted by Crippen LogP contribution is -2.52. The first-order valence-electron chi connectivity index (χ1n) is 10.2. The molecule has 1 fully saturated rings. The van der Waals surface area contributed by atoms with Crippen molar-refractivity contribution in [3.8, 4) is 0 Å². The second kappa shape index (κ2) is 7.92. The molecule has 4 rings (SSSR count). The molecular weight excluding hydrogens is 416 g/mol. The molecular formula is C23H24N2O5S. The van der Waals surface area contributed by atoms with Crippen LogP contribution in [0.1, 0.15) is 59.7 Å². The lowest BCUT2D eigenvalue weighted by Gasteiger charge is -2.29. The van der Waals surface area contributed by atoms with Crippen molar-refractivity contribution in [2.75, 3.05) is 0 Å². The van der Waals surface area contributed by atoms with E-state index in [9.17, 15) is 22.8 Å². The summed E-state index contributed by atoms with van der Waals surface area (Å²) >= 11 is 0. The zero-order valence-corrected chi connectivity index (χ0v) is 18.2. The fraction of sp³-hybridized carbons (Fsp3) is 0.348. The number of hydrogen-bond donors (Lipinski definition) is 1. The number of amides is 3. The number of carbonyl (C=O) groups excluding carboxylic acids is 3. The van der Waals surface area contributed by atoms with E-state index in [0.29, 0.717) is 17.0 Å². The van der Waals surface area contributed by atoms with Gasteiger partial charge in [-0.15, -0.1) is 0 Å². The van der Waals surface area contributed by atoms with Crippen LogP contribution in [0, 0.1) is 0 Å². The summed E-state index contributed by atoms with van der Waals surface area (Å²) in [6.07, 6.45) is 0.480. The Morgan fingerprint density at radius 1 is 1.06 bits per heavy atom. The lowest BCUT2D eigenvalue weighted by molar-refractivity contribution is -0.136. The molecule has 7 nitrogen and oxygen atoms in total. The number of rotatable bonds is 5. The summed E-state index contributed by atoms with van der Waals surface area (Å²) in [7, 11) is -3.57. The fourth-order valence-electron chi connectivity index (χ4n) is 4.05. The Labute approximate surface area is 181 Å². The van der Waals surface area contributed by atoms with Gasteiger partial charge in [-0.05, 0) is 47.2 Å². The van der Waals surface area contributed by atoms with E-state index < -0.39 is 21.8 Å². The number of nitrogens with zero attached hydrogens (tertiary/aromatic N) is 1. The zero-order chi connectivity index (χ0) is 22.3. The van der Waals surface area contributed by atoms with Crippen LogP contribution in [-0.2, 0) is 31.7 Å². The summed E-state index contributed by atoms with van der Waals surface area (Å²) in [6, 6.07) is 11.2. The van der Waals surface area contributed by atoms with Crippen LogP contribution in [0.15, 0.2) is 47.4 Å². The standard InChI is InChI=1S/C23H24N2O5S/c1-14(2)16-5-7-18(8-6-16)31(29,30)13-15-3-4-17-12-25(23(28)19(17)11-15)20-9-10-21(26)24-22(20)27/h3-8,11,14,20H,9-10,12-13H2,1-2H3,(H,24,26,27). The van der Waals surface area contributed by atoms with E-state index in [1.54, 1.807) is 30.3 Å². The molecule has 3 amide bonds. The molecule has 2 aliphatic rings. The number of benzene rings is 2. The van der Waals surface area contributed by atoms with E-state index in [4.69, 9.17) is 0 Å². The van der Waals surface area contributed by atoms with Crippen molar-refractivity contribution in [3.63, 3.8) is 0 Å². The molecule has 31 heavy (non-hydrogen) atoms. The van der Waals surface area contributed by atoms with E-state index in [1.165, 1.54) is 4.90 Å². The molecule has 0 spiro atoms. The Balaban J connectivity index is 1.53. The van der Waals surface area contributed by atoms with Crippen molar-refractivity contribution >= 4 is 27.6 Å². The van der Waals surface area contributed by atoms with Crippen LogP contribution in [0.25, 0.3) is 0 Å². The summed E-state index contributed by atoms with van der Waals surface area (Å²) < 4.78 is 25.7. The van der Waals surface area contributed by atoms with Gasteiger partial charge in [0.25, 0.3) is 5.91 Å². The summed E-state index contributed by atoms with van der Waals surface area (Å²) in [6.45, 7) is 4.36. The van der Waals surface area contributed by atoms with Gasteiger partial charge in [0.15, 0.2) is 9.84 Å². The maximum Gasteiger partial charge on any atom is 0.255 e. The van der Waals surface area contributed by atoms with E-state index >= 15 is 0 Å². The molecule has 1 N–H and O–H groups in total. The van der Waals surface area contributed by atoms with Crippen LogP contribution < -0.4 is 5.32 Å². The highest BCUT2D eigenvalue weighted by Crippen LogP contribution is 2.29. The normalized spacial score (nSPS) is 19.0. The quantitative estimate of drug-likeness (QED) is 0.720. The smallest absolute Gasteiger partial charge is 0.255 e. The lowest BCUT2D eigenvalue weighted by atomic mass is 10.0. The van der Waals surface area contributed by atoms with Crippen molar-refractivity contribution in [2.45, 2.75) is 55.8 Å². The fourth-order valence-corrected chi connectivity index (χ4v) is 5.39. The largest absolute Gasteiger partial charge is 0.322 e. The number of sulfone groups is 1. The van der Waals surface area contributed by atoms with Crippen LogP contribution in [0.4, 0.5) is 0 Å². The zero-order valence-electron chi connectivity index (χ0n) is 17.4. The average molecular weight is 441 g/mol. The maximum absolute atomic E-state index is 12.9.